The van der Waals surface area contributed by atoms with Gasteiger partial charge >= 0.3 is 0 Å². The number of hydrogen-bond donors (Lipinski definition) is 1. The molecule has 3 unspecified atom stereocenters. The molecule has 0 bridgehead atoms. The molecule has 0 aromatic carbocycles. The molecule has 3 atom stereocenters. The molecule has 1 N–H and O–H groups in total. The van der Waals surface area contributed by atoms with Crippen LogP contribution in [0.1, 0.15) is 39.5 Å². The van der Waals surface area contributed by atoms with E-state index < -0.39 is 0 Å². The molecule has 0 radical (unpaired) electrons. The highest BCUT2D eigenvalue weighted by Gasteiger charge is 2.38. The summed E-state index contributed by atoms with van der Waals surface area (Å²) in [7, 11) is 1.78. The zero-order valence-corrected chi connectivity index (χ0v) is 10.9. The molecule has 1 aliphatic carbocycles. The van der Waals surface area contributed by atoms with E-state index >= 15 is 0 Å². The van der Waals surface area contributed by atoms with Gasteiger partial charge in [0.1, 0.15) is 0 Å². The van der Waals surface area contributed by atoms with Crippen LogP contribution in [0.15, 0.2) is 0 Å². The largest absolute Gasteiger partial charge is 0.385 e. The monoisotopic (exact) mass is 226 g/mol. The maximum atomic E-state index is 5.12. The molecule has 1 aliphatic heterocycles. The summed E-state index contributed by atoms with van der Waals surface area (Å²) in [6.07, 6.45) is 5.28. The van der Waals surface area contributed by atoms with Gasteiger partial charge in [0.15, 0.2) is 0 Å². The molecule has 1 saturated carbocycles. The average molecular weight is 226 g/mol. The summed E-state index contributed by atoms with van der Waals surface area (Å²) in [4.78, 5) is 2.70. The molecule has 0 amide bonds. The quantitative estimate of drug-likeness (QED) is 0.745. The summed E-state index contributed by atoms with van der Waals surface area (Å²) in [5.74, 6) is 0. The van der Waals surface area contributed by atoms with Crippen LogP contribution in [-0.2, 0) is 4.74 Å². The van der Waals surface area contributed by atoms with Crippen LogP contribution in [0.2, 0.25) is 0 Å². The van der Waals surface area contributed by atoms with Gasteiger partial charge in [-0.15, -0.1) is 0 Å². The van der Waals surface area contributed by atoms with Gasteiger partial charge in [-0.25, -0.2) is 0 Å². The second-order valence-electron chi connectivity index (χ2n) is 5.56. The number of methoxy groups -OCH3 is 1. The summed E-state index contributed by atoms with van der Waals surface area (Å²) in [5.41, 5.74) is 0. The third-order valence-electron chi connectivity index (χ3n) is 3.91. The molecule has 2 fully saturated rings. The first kappa shape index (κ1) is 12.3. The lowest BCUT2D eigenvalue weighted by molar-refractivity contribution is 0.182. The van der Waals surface area contributed by atoms with Gasteiger partial charge in [0.25, 0.3) is 0 Å². The Morgan fingerprint density at radius 1 is 1.44 bits per heavy atom. The van der Waals surface area contributed by atoms with E-state index in [0.29, 0.717) is 12.1 Å². The lowest BCUT2D eigenvalue weighted by atomic mass is 10.1. The van der Waals surface area contributed by atoms with Gasteiger partial charge in [-0.3, -0.25) is 4.90 Å². The van der Waals surface area contributed by atoms with Crippen LogP contribution in [0.4, 0.5) is 0 Å². The van der Waals surface area contributed by atoms with Crippen molar-refractivity contribution < 1.29 is 4.74 Å². The van der Waals surface area contributed by atoms with E-state index in [1.54, 1.807) is 7.11 Å². The fraction of sp³-hybridized carbons (Fsp3) is 1.00. The average Bonchev–Trinajstić information content (AvgIpc) is 3.01. The predicted octanol–water partition coefficient (Wildman–Crippen LogP) is 1.63. The van der Waals surface area contributed by atoms with E-state index in [-0.39, 0.29) is 0 Å². The molecule has 0 aromatic heterocycles. The fourth-order valence-corrected chi connectivity index (χ4v) is 2.87. The maximum Gasteiger partial charge on any atom is 0.0476 e. The third-order valence-corrected chi connectivity index (χ3v) is 3.91. The maximum absolute atomic E-state index is 5.12. The third kappa shape index (κ3) is 3.19. The Morgan fingerprint density at radius 2 is 2.19 bits per heavy atom. The van der Waals surface area contributed by atoms with Gasteiger partial charge in [-0.1, -0.05) is 0 Å². The van der Waals surface area contributed by atoms with Gasteiger partial charge in [-0.2, -0.15) is 0 Å². The van der Waals surface area contributed by atoms with E-state index in [1.165, 1.54) is 25.8 Å². The van der Waals surface area contributed by atoms with Crippen LogP contribution in [0.25, 0.3) is 0 Å². The normalized spacial score (nSPS) is 33.2. The zero-order valence-electron chi connectivity index (χ0n) is 10.9. The smallest absolute Gasteiger partial charge is 0.0476 e. The Balaban J connectivity index is 1.70. The predicted molar refractivity (Wildman–Crippen MR) is 66.7 cm³/mol. The second kappa shape index (κ2) is 5.48. The molecule has 0 spiro atoms. The number of nitrogens with one attached hydrogen (secondary N) is 1. The standard InChI is InChI=1S/C13H26N2O/c1-10(6-7-16-3)14-12-8-11(2)15(9-12)13-4-5-13/h10-14H,4-9H2,1-3H3. The highest BCUT2D eigenvalue weighted by Crippen LogP contribution is 2.33. The van der Waals surface area contributed by atoms with Crippen molar-refractivity contribution in [1.82, 2.24) is 10.2 Å². The molecule has 1 saturated heterocycles. The Bertz CT molecular complexity index is 218. The fourth-order valence-electron chi connectivity index (χ4n) is 2.87. The van der Waals surface area contributed by atoms with Gasteiger partial charge in [0.2, 0.25) is 0 Å². The summed E-state index contributed by atoms with van der Waals surface area (Å²) < 4.78 is 5.12. The minimum absolute atomic E-state index is 0.580. The highest BCUT2D eigenvalue weighted by atomic mass is 16.5. The zero-order chi connectivity index (χ0) is 11.5. The van der Waals surface area contributed by atoms with E-state index in [9.17, 15) is 0 Å². The van der Waals surface area contributed by atoms with Crippen LogP contribution < -0.4 is 5.32 Å². The van der Waals surface area contributed by atoms with Gasteiger partial charge in [0.05, 0.1) is 0 Å². The SMILES string of the molecule is COCCC(C)NC1CC(C)N(C2CC2)C1. The van der Waals surface area contributed by atoms with Crippen LogP contribution in [0.3, 0.4) is 0 Å². The first-order valence-corrected chi connectivity index (χ1v) is 6.71. The van der Waals surface area contributed by atoms with E-state index in [1.807, 2.05) is 0 Å². The van der Waals surface area contributed by atoms with Crippen molar-refractivity contribution in [3.63, 3.8) is 0 Å². The Kier molecular flexibility index (Phi) is 4.22. The molecule has 16 heavy (non-hydrogen) atoms. The highest BCUT2D eigenvalue weighted by molar-refractivity contribution is 4.96. The van der Waals surface area contributed by atoms with Crippen molar-refractivity contribution >= 4 is 0 Å². The minimum Gasteiger partial charge on any atom is -0.385 e. The first-order chi connectivity index (χ1) is 7.70. The van der Waals surface area contributed by atoms with E-state index in [2.05, 4.69) is 24.1 Å². The Labute approximate surface area is 99.5 Å². The number of rotatable bonds is 6. The lowest BCUT2D eigenvalue weighted by Crippen LogP contribution is -2.39. The van der Waals surface area contributed by atoms with Crippen LogP contribution in [0.5, 0.6) is 0 Å². The lowest BCUT2D eigenvalue weighted by Gasteiger charge is -2.21. The van der Waals surface area contributed by atoms with Gasteiger partial charge in [-0.05, 0) is 39.5 Å². The van der Waals surface area contributed by atoms with Crippen molar-refractivity contribution in [2.24, 2.45) is 0 Å². The topological polar surface area (TPSA) is 24.5 Å². The van der Waals surface area contributed by atoms with Gasteiger partial charge < -0.3 is 10.1 Å². The van der Waals surface area contributed by atoms with E-state index in [0.717, 1.165) is 25.1 Å². The second-order valence-corrected chi connectivity index (χ2v) is 5.56. The number of likely N-dealkylation sites (tertiary alicyclic amines) is 1. The van der Waals surface area contributed by atoms with Crippen LogP contribution >= 0.6 is 0 Å². The van der Waals surface area contributed by atoms with Crippen molar-refractivity contribution in [3.8, 4) is 0 Å². The number of nitrogens with zero attached hydrogens (tertiary/aromatic N) is 1. The van der Waals surface area contributed by atoms with Crippen molar-refractivity contribution in [3.05, 3.63) is 0 Å². The molecule has 2 aliphatic rings. The molecule has 1 heterocycles. The summed E-state index contributed by atoms with van der Waals surface area (Å²) in [6, 6.07) is 2.97. The molecular formula is C13H26N2O. The molecule has 94 valence electrons. The Hall–Kier alpha value is -0.120. The van der Waals surface area contributed by atoms with Gasteiger partial charge in [0, 0.05) is 44.4 Å². The molecule has 0 aromatic rings. The minimum atomic E-state index is 0.580. The van der Waals surface area contributed by atoms with Crippen LogP contribution in [-0.4, -0.2) is 49.3 Å². The summed E-state index contributed by atoms with van der Waals surface area (Å²) in [6.45, 7) is 6.76. The molecular weight excluding hydrogens is 200 g/mol. The van der Waals surface area contributed by atoms with Crippen molar-refractivity contribution in [2.75, 3.05) is 20.3 Å². The number of hydrogen-bond acceptors (Lipinski definition) is 3. The van der Waals surface area contributed by atoms with E-state index in [4.69, 9.17) is 4.74 Å². The van der Waals surface area contributed by atoms with Crippen molar-refractivity contribution in [1.29, 1.82) is 0 Å². The number of ether oxygens (including phenoxy) is 1. The van der Waals surface area contributed by atoms with Crippen molar-refractivity contribution in [2.45, 2.75) is 63.7 Å². The van der Waals surface area contributed by atoms with Crippen LogP contribution in [0, 0.1) is 0 Å². The molecule has 3 nitrogen and oxygen atoms in total. The first-order valence-electron chi connectivity index (χ1n) is 6.71. The summed E-state index contributed by atoms with van der Waals surface area (Å²) >= 11 is 0. The summed E-state index contributed by atoms with van der Waals surface area (Å²) in [5, 5.41) is 3.74. The molecule has 3 heteroatoms. The Morgan fingerprint density at radius 3 is 2.81 bits per heavy atom. The molecule has 2 rings (SSSR count).